The Kier molecular flexibility index (Phi) is 8.28. The lowest BCUT2D eigenvalue weighted by Crippen LogP contribution is -2.56. The summed E-state index contributed by atoms with van der Waals surface area (Å²) >= 11 is 0. The van der Waals surface area contributed by atoms with Gasteiger partial charge in [0, 0.05) is 37.8 Å². The molecule has 0 unspecified atom stereocenters. The van der Waals surface area contributed by atoms with E-state index >= 15 is 0 Å². The van der Waals surface area contributed by atoms with Gasteiger partial charge in [-0.05, 0) is 25.0 Å². The largest absolute Gasteiger partial charge is 0.486 e. The van der Waals surface area contributed by atoms with Crippen molar-refractivity contribution in [3.05, 3.63) is 41.0 Å². The summed E-state index contributed by atoms with van der Waals surface area (Å²) in [5.74, 6) is -0.213. The van der Waals surface area contributed by atoms with Crippen molar-refractivity contribution in [2.24, 2.45) is 0 Å². The zero-order chi connectivity index (χ0) is 23.3. The third-order valence-electron chi connectivity index (χ3n) is 6.15. The van der Waals surface area contributed by atoms with Crippen molar-refractivity contribution in [3.63, 3.8) is 0 Å². The summed E-state index contributed by atoms with van der Waals surface area (Å²) in [6.45, 7) is 4.49. The molecule has 176 valence electrons. The lowest BCUT2D eigenvalue weighted by atomic mass is 9.77. The van der Waals surface area contributed by atoms with Crippen LogP contribution in [-0.4, -0.2) is 78.6 Å². The number of amides is 2. The number of nitrogens with zero attached hydrogens (tertiary/aromatic N) is 1. The second-order valence-corrected chi connectivity index (χ2v) is 8.32. The van der Waals surface area contributed by atoms with Crippen LogP contribution in [0.5, 0.6) is 5.75 Å². The van der Waals surface area contributed by atoms with Gasteiger partial charge in [-0.2, -0.15) is 0 Å². The highest BCUT2D eigenvalue weighted by Gasteiger charge is 2.50. The van der Waals surface area contributed by atoms with Gasteiger partial charge in [0.15, 0.2) is 0 Å². The number of nitrogens with one attached hydrogen (secondary N) is 1. The number of unbranched alkanes of at least 4 members (excludes halogenated alkanes) is 1. The van der Waals surface area contributed by atoms with Crippen LogP contribution in [0.25, 0.3) is 0 Å². The lowest BCUT2D eigenvalue weighted by Gasteiger charge is -2.40. The molecule has 8 heteroatoms. The molecular formula is C24H34N2O6. The molecular weight excluding hydrogens is 412 g/mol. The summed E-state index contributed by atoms with van der Waals surface area (Å²) < 4.78 is 11.4. The van der Waals surface area contributed by atoms with E-state index in [1.165, 1.54) is 0 Å². The quantitative estimate of drug-likeness (QED) is 0.500. The van der Waals surface area contributed by atoms with E-state index in [-0.39, 0.29) is 25.0 Å². The minimum absolute atomic E-state index is 0.0931. The molecule has 1 aromatic rings. The molecule has 0 saturated heterocycles. The van der Waals surface area contributed by atoms with Crippen LogP contribution in [0.4, 0.5) is 0 Å². The van der Waals surface area contributed by atoms with Gasteiger partial charge < -0.3 is 29.9 Å². The normalized spacial score (nSPS) is 23.6. The Labute approximate surface area is 189 Å². The number of para-hydroxylation sites is 1. The monoisotopic (exact) mass is 446 g/mol. The van der Waals surface area contributed by atoms with Crippen LogP contribution < -0.4 is 10.1 Å². The summed E-state index contributed by atoms with van der Waals surface area (Å²) in [6, 6.07) is 5.01. The first-order valence-corrected chi connectivity index (χ1v) is 11.3. The van der Waals surface area contributed by atoms with E-state index in [4.69, 9.17) is 14.6 Å². The van der Waals surface area contributed by atoms with Crippen molar-refractivity contribution in [1.29, 1.82) is 0 Å². The zero-order valence-electron chi connectivity index (χ0n) is 19.0. The minimum Gasteiger partial charge on any atom is -0.486 e. The number of aliphatic hydroxyl groups is 2. The number of fused-ring (bicyclic) bond motifs is 3. The van der Waals surface area contributed by atoms with Gasteiger partial charge in [-0.3, -0.25) is 9.59 Å². The van der Waals surface area contributed by atoms with Crippen LogP contribution in [0.2, 0.25) is 0 Å². The van der Waals surface area contributed by atoms with Gasteiger partial charge in [0.05, 0.1) is 25.2 Å². The molecule has 0 fully saturated rings. The van der Waals surface area contributed by atoms with E-state index < -0.39 is 24.2 Å². The van der Waals surface area contributed by atoms with Crippen LogP contribution in [0.15, 0.2) is 29.8 Å². The summed E-state index contributed by atoms with van der Waals surface area (Å²) in [4.78, 5) is 27.7. The second-order valence-electron chi connectivity index (χ2n) is 8.32. The Morgan fingerprint density at radius 2 is 2.09 bits per heavy atom. The van der Waals surface area contributed by atoms with Crippen molar-refractivity contribution < 1.29 is 29.3 Å². The molecule has 2 aliphatic rings. The summed E-state index contributed by atoms with van der Waals surface area (Å²) in [5, 5.41) is 23.2. The average molecular weight is 447 g/mol. The van der Waals surface area contributed by atoms with E-state index in [1.807, 2.05) is 32.0 Å². The van der Waals surface area contributed by atoms with Gasteiger partial charge in [-0.25, -0.2) is 0 Å². The summed E-state index contributed by atoms with van der Waals surface area (Å²) in [6.07, 6.45) is 1.97. The fourth-order valence-corrected chi connectivity index (χ4v) is 4.52. The number of ether oxygens (including phenoxy) is 2. The first kappa shape index (κ1) is 24.2. The molecule has 1 heterocycles. The molecule has 4 atom stereocenters. The number of aliphatic hydroxyl groups excluding tert-OH is 2. The van der Waals surface area contributed by atoms with E-state index in [0.29, 0.717) is 30.9 Å². The number of hydrogen-bond acceptors (Lipinski definition) is 6. The molecule has 32 heavy (non-hydrogen) atoms. The average Bonchev–Trinajstić information content (AvgIpc) is 3.19. The van der Waals surface area contributed by atoms with Gasteiger partial charge in [-0.15, -0.1) is 0 Å². The maximum absolute atomic E-state index is 13.1. The molecule has 3 N–H and O–H groups in total. The Morgan fingerprint density at radius 1 is 1.31 bits per heavy atom. The van der Waals surface area contributed by atoms with Crippen molar-refractivity contribution in [3.8, 4) is 5.75 Å². The molecule has 1 aromatic carbocycles. The van der Waals surface area contributed by atoms with Crippen molar-refractivity contribution in [1.82, 2.24) is 10.2 Å². The molecule has 0 aromatic heterocycles. The van der Waals surface area contributed by atoms with Gasteiger partial charge in [0.1, 0.15) is 18.0 Å². The smallest absolute Gasteiger partial charge is 0.247 e. The Morgan fingerprint density at radius 3 is 2.78 bits per heavy atom. The summed E-state index contributed by atoms with van der Waals surface area (Å²) in [5.41, 5.74) is 2.21. The molecule has 0 saturated carbocycles. The second kappa shape index (κ2) is 10.9. The number of hydrogen-bond donors (Lipinski definition) is 3. The van der Waals surface area contributed by atoms with Gasteiger partial charge >= 0.3 is 0 Å². The molecule has 0 spiro atoms. The zero-order valence-corrected chi connectivity index (χ0v) is 19.0. The standard InChI is InChI=1S/C24H34N2O6/c1-4-5-9-19(28)26(11-13-31-3)18-14-17(24(30)25-10-12-27)20-16-8-6-7-15(2)22(16)32-23(20)21(18)29/h6-8,14,18,20-21,23,27,29H,4-5,9-13H2,1-3H3,(H,25,30)/t18-,20+,21+,23+/m1/s1. The number of rotatable bonds is 10. The minimum atomic E-state index is -1.01. The number of carbonyl (C=O) groups excluding carboxylic acids is 2. The highest BCUT2D eigenvalue weighted by atomic mass is 16.5. The molecule has 8 nitrogen and oxygen atoms in total. The first-order valence-electron chi connectivity index (χ1n) is 11.3. The topological polar surface area (TPSA) is 108 Å². The van der Waals surface area contributed by atoms with Crippen LogP contribution >= 0.6 is 0 Å². The number of aryl methyl sites for hydroxylation is 1. The fourth-order valence-electron chi connectivity index (χ4n) is 4.52. The van der Waals surface area contributed by atoms with Gasteiger partial charge in [0.2, 0.25) is 11.8 Å². The highest BCUT2D eigenvalue weighted by Crippen LogP contribution is 2.48. The number of methoxy groups -OCH3 is 1. The van der Waals surface area contributed by atoms with Crippen LogP contribution in [0, 0.1) is 6.92 Å². The van der Waals surface area contributed by atoms with Crippen LogP contribution in [0.1, 0.15) is 43.2 Å². The SMILES string of the molecule is CCCCC(=O)N(CCOC)[C@@H]1C=C(C(=O)NCCO)[C@@H]2c3cccc(C)c3O[C@@H]2[C@H]1O. The third-order valence-corrected chi connectivity index (χ3v) is 6.15. The lowest BCUT2D eigenvalue weighted by molar-refractivity contribution is -0.138. The maximum Gasteiger partial charge on any atom is 0.247 e. The highest BCUT2D eigenvalue weighted by molar-refractivity contribution is 5.96. The molecule has 1 aliphatic carbocycles. The number of carbonyl (C=O) groups is 2. The molecule has 1 aliphatic heterocycles. The van der Waals surface area contributed by atoms with Crippen molar-refractivity contribution >= 4 is 11.8 Å². The van der Waals surface area contributed by atoms with Crippen LogP contribution in [0.3, 0.4) is 0 Å². The van der Waals surface area contributed by atoms with E-state index in [0.717, 1.165) is 24.0 Å². The molecule has 0 radical (unpaired) electrons. The summed E-state index contributed by atoms with van der Waals surface area (Å²) in [7, 11) is 1.56. The van der Waals surface area contributed by atoms with Crippen LogP contribution in [-0.2, 0) is 14.3 Å². The van der Waals surface area contributed by atoms with Crippen molar-refractivity contribution in [2.45, 2.75) is 57.3 Å². The van der Waals surface area contributed by atoms with Gasteiger partial charge in [0.25, 0.3) is 0 Å². The Hall–Kier alpha value is -2.42. The van der Waals surface area contributed by atoms with Crippen molar-refractivity contribution in [2.75, 3.05) is 33.4 Å². The first-order chi connectivity index (χ1) is 15.4. The molecule has 3 rings (SSSR count). The number of benzene rings is 1. The maximum atomic E-state index is 13.1. The van der Waals surface area contributed by atoms with E-state index in [1.54, 1.807) is 18.1 Å². The fraction of sp³-hybridized carbons (Fsp3) is 0.583. The third kappa shape index (κ3) is 4.82. The predicted octanol–water partition coefficient (Wildman–Crippen LogP) is 1.28. The Bertz CT molecular complexity index is 855. The van der Waals surface area contributed by atoms with Gasteiger partial charge in [-0.1, -0.05) is 31.5 Å². The Balaban J connectivity index is 2.02. The van der Waals surface area contributed by atoms with E-state index in [9.17, 15) is 14.7 Å². The molecule has 0 bridgehead atoms. The molecule has 2 amide bonds. The van der Waals surface area contributed by atoms with E-state index in [2.05, 4.69) is 5.32 Å². The predicted molar refractivity (Wildman–Crippen MR) is 119 cm³/mol.